The first-order valence-electron chi connectivity index (χ1n) is 11.8. The molecule has 2 aliphatic rings. The minimum Gasteiger partial charge on any atom is -0.486 e. The number of carbonyl (C=O) groups excluding carboxylic acids is 1. The average Bonchev–Trinajstić information content (AvgIpc) is 2.82. The summed E-state index contributed by atoms with van der Waals surface area (Å²) in [5, 5.41) is 0. The maximum Gasteiger partial charge on any atom is 0.243 e. The highest BCUT2D eigenvalue weighted by Crippen LogP contribution is 2.33. The van der Waals surface area contributed by atoms with E-state index in [1.807, 2.05) is 58.0 Å². The van der Waals surface area contributed by atoms with Crippen LogP contribution in [0.4, 0.5) is 0 Å². The molecule has 8 heteroatoms. The molecule has 1 atom stereocenters. The average molecular weight is 487 g/mol. The van der Waals surface area contributed by atoms with Gasteiger partial charge in [-0.15, -0.1) is 0 Å². The number of para-hydroxylation sites is 2. The van der Waals surface area contributed by atoms with Gasteiger partial charge < -0.3 is 14.4 Å². The van der Waals surface area contributed by atoms with Crippen molar-refractivity contribution in [1.29, 1.82) is 0 Å². The van der Waals surface area contributed by atoms with Crippen molar-refractivity contribution < 1.29 is 22.7 Å². The second-order valence-electron chi connectivity index (χ2n) is 9.48. The molecule has 2 aromatic carbocycles. The van der Waals surface area contributed by atoms with Crippen LogP contribution in [0, 0.1) is 33.6 Å². The van der Waals surface area contributed by atoms with Crippen LogP contribution >= 0.6 is 0 Å². The SMILES string of the molecule is Cc1cc(C)c(C)c(S(=O)(=O)N2CCC(C(=O)N(C)C[C@@H]3COc4ccccc4O3)CC2)c1C. The molecule has 1 saturated heterocycles. The predicted octanol–water partition coefficient (Wildman–Crippen LogP) is 3.62. The molecule has 2 aliphatic heterocycles. The third-order valence-corrected chi connectivity index (χ3v) is 9.29. The number of rotatable bonds is 5. The molecule has 0 N–H and O–H groups in total. The number of sulfonamides is 1. The minimum absolute atomic E-state index is 0.0262. The summed E-state index contributed by atoms with van der Waals surface area (Å²) in [6.07, 6.45) is 0.784. The highest BCUT2D eigenvalue weighted by molar-refractivity contribution is 7.89. The number of nitrogens with zero attached hydrogens (tertiary/aromatic N) is 2. The number of piperidine rings is 1. The molecule has 4 rings (SSSR count). The second-order valence-corrected chi connectivity index (χ2v) is 11.4. The zero-order chi connectivity index (χ0) is 24.6. The normalized spacial score (nSPS) is 19.1. The van der Waals surface area contributed by atoms with Crippen LogP contribution in [0.1, 0.15) is 35.1 Å². The maximum absolute atomic E-state index is 13.5. The molecule has 7 nitrogen and oxygen atoms in total. The smallest absolute Gasteiger partial charge is 0.243 e. The number of fused-ring (bicyclic) bond motifs is 1. The van der Waals surface area contributed by atoms with Gasteiger partial charge in [-0.05, 0) is 74.9 Å². The lowest BCUT2D eigenvalue weighted by Crippen LogP contribution is -2.47. The Labute approximate surface area is 202 Å². The second kappa shape index (κ2) is 9.58. The Bertz CT molecular complexity index is 1160. The molecular weight excluding hydrogens is 452 g/mol. The summed E-state index contributed by atoms with van der Waals surface area (Å²) in [5.41, 5.74) is 3.56. The van der Waals surface area contributed by atoms with E-state index in [9.17, 15) is 13.2 Å². The first kappa shape index (κ1) is 24.5. The van der Waals surface area contributed by atoms with Gasteiger partial charge in [0.05, 0.1) is 11.4 Å². The van der Waals surface area contributed by atoms with E-state index in [0.29, 0.717) is 49.7 Å². The number of ether oxygens (including phenoxy) is 2. The Balaban J connectivity index is 1.38. The number of carbonyl (C=O) groups is 1. The first-order valence-corrected chi connectivity index (χ1v) is 13.2. The van der Waals surface area contributed by atoms with E-state index in [-0.39, 0.29) is 17.9 Å². The number of likely N-dealkylation sites (N-methyl/N-ethyl adjacent to an activating group) is 1. The van der Waals surface area contributed by atoms with E-state index in [1.54, 1.807) is 16.3 Å². The van der Waals surface area contributed by atoms with Crippen LogP contribution in [0.25, 0.3) is 0 Å². The standard InChI is InChI=1S/C26H34N2O5S/c1-17-14-18(2)20(4)25(19(17)3)34(30,31)28-12-10-21(11-13-28)26(29)27(5)15-22-16-32-23-8-6-7-9-24(23)33-22/h6-9,14,21-22H,10-13,15-16H2,1-5H3/t22-/m1/s1. The van der Waals surface area contributed by atoms with Crippen molar-refractivity contribution in [2.75, 3.05) is 33.3 Å². The summed E-state index contributed by atoms with van der Waals surface area (Å²) in [7, 11) is -1.84. The molecule has 1 amide bonds. The van der Waals surface area contributed by atoms with Crippen LogP contribution in [0.5, 0.6) is 11.5 Å². The Morgan fingerprint density at radius 1 is 1.03 bits per heavy atom. The fourth-order valence-electron chi connectivity index (χ4n) is 4.90. The minimum atomic E-state index is -3.62. The Morgan fingerprint density at radius 2 is 1.62 bits per heavy atom. The van der Waals surface area contributed by atoms with Crippen LogP contribution in [-0.4, -0.2) is 62.9 Å². The molecule has 0 aromatic heterocycles. The van der Waals surface area contributed by atoms with Gasteiger partial charge in [-0.1, -0.05) is 18.2 Å². The largest absolute Gasteiger partial charge is 0.486 e. The van der Waals surface area contributed by atoms with E-state index in [1.165, 1.54) is 0 Å². The van der Waals surface area contributed by atoms with Gasteiger partial charge in [0.25, 0.3) is 0 Å². The van der Waals surface area contributed by atoms with Gasteiger partial charge in [0.15, 0.2) is 17.6 Å². The molecule has 0 aliphatic carbocycles. The predicted molar refractivity (Wildman–Crippen MR) is 131 cm³/mol. The highest BCUT2D eigenvalue weighted by Gasteiger charge is 2.35. The van der Waals surface area contributed by atoms with Crippen LogP contribution < -0.4 is 9.47 Å². The van der Waals surface area contributed by atoms with Crippen LogP contribution in [0.15, 0.2) is 35.2 Å². The molecule has 184 valence electrons. The van der Waals surface area contributed by atoms with Crippen molar-refractivity contribution in [3.8, 4) is 11.5 Å². The molecule has 0 spiro atoms. The van der Waals surface area contributed by atoms with E-state index in [0.717, 1.165) is 28.0 Å². The number of hydrogen-bond acceptors (Lipinski definition) is 5. The van der Waals surface area contributed by atoms with Crippen molar-refractivity contribution in [1.82, 2.24) is 9.21 Å². The van der Waals surface area contributed by atoms with Crippen molar-refractivity contribution in [3.05, 3.63) is 52.6 Å². The Hall–Kier alpha value is -2.58. The van der Waals surface area contributed by atoms with Gasteiger partial charge in [0.2, 0.25) is 15.9 Å². The lowest BCUT2D eigenvalue weighted by molar-refractivity contribution is -0.136. The van der Waals surface area contributed by atoms with Gasteiger partial charge in [0, 0.05) is 26.1 Å². The molecule has 0 unspecified atom stereocenters. The van der Waals surface area contributed by atoms with Gasteiger partial charge >= 0.3 is 0 Å². The van der Waals surface area contributed by atoms with Gasteiger partial charge in [0.1, 0.15) is 6.61 Å². The van der Waals surface area contributed by atoms with Crippen molar-refractivity contribution in [2.24, 2.45) is 5.92 Å². The summed E-state index contributed by atoms with van der Waals surface area (Å²) in [5.74, 6) is 1.23. The number of hydrogen-bond donors (Lipinski definition) is 0. The van der Waals surface area contributed by atoms with E-state index < -0.39 is 10.0 Å². The lowest BCUT2D eigenvalue weighted by Gasteiger charge is -2.35. The van der Waals surface area contributed by atoms with Crippen LogP contribution in [0.2, 0.25) is 0 Å². The zero-order valence-electron chi connectivity index (χ0n) is 20.6. The van der Waals surface area contributed by atoms with Gasteiger partial charge in [-0.25, -0.2) is 8.42 Å². The van der Waals surface area contributed by atoms with Gasteiger partial charge in [-0.3, -0.25) is 4.79 Å². The summed E-state index contributed by atoms with van der Waals surface area (Å²) in [4.78, 5) is 15.2. The van der Waals surface area contributed by atoms with Crippen molar-refractivity contribution in [3.63, 3.8) is 0 Å². The van der Waals surface area contributed by atoms with Crippen molar-refractivity contribution in [2.45, 2.75) is 51.5 Å². The summed E-state index contributed by atoms with van der Waals surface area (Å²) in [6, 6.07) is 9.54. The summed E-state index contributed by atoms with van der Waals surface area (Å²) < 4.78 is 40.3. The van der Waals surface area contributed by atoms with Crippen LogP contribution in [-0.2, 0) is 14.8 Å². The van der Waals surface area contributed by atoms with E-state index in [4.69, 9.17) is 9.47 Å². The topological polar surface area (TPSA) is 76.2 Å². The van der Waals surface area contributed by atoms with Crippen LogP contribution in [0.3, 0.4) is 0 Å². The van der Waals surface area contributed by atoms with Crippen molar-refractivity contribution >= 4 is 15.9 Å². The molecule has 1 fully saturated rings. The fourth-order valence-corrected chi connectivity index (χ4v) is 6.95. The molecule has 2 heterocycles. The number of aryl methyl sites for hydroxylation is 2. The summed E-state index contributed by atoms with van der Waals surface area (Å²) >= 11 is 0. The fraction of sp³-hybridized carbons (Fsp3) is 0.500. The first-order chi connectivity index (χ1) is 16.1. The third kappa shape index (κ3) is 4.66. The van der Waals surface area contributed by atoms with E-state index >= 15 is 0 Å². The zero-order valence-corrected chi connectivity index (χ0v) is 21.4. The monoisotopic (exact) mass is 486 g/mol. The third-order valence-electron chi connectivity index (χ3n) is 7.12. The molecule has 0 radical (unpaired) electrons. The molecule has 0 bridgehead atoms. The molecule has 34 heavy (non-hydrogen) atoms. The summed E-state index contributed by atoms with van der Waals surface area (Å²) in [6.45, 7) is 9.13. The Kier molecular flexibility index (Phi) is 6.92. The molecule has 2 aromatic rings. The van der Waals surface area contributed by atoms with Gasteiger partial charge in [-0.2, -0.15) is 4.31 Å². The lowest BCUT2D eigenvalue weighted by atomic mass is 9.96. The maximum atomic E-state index is 13.5. The quantitative estimate of drug-likeness (QED) is 0.645. The molecular formula is C26H34N2O5S. The number of benzene rings is 2. The molecule has 0 saturated carbocycles. The highest BCUT2D eigenvalue weighted by atomic mass is 32.2. The number of amides is 1. The van der Waals surface area contributed by atoms with E-state index in [2.05, 4.69) is 0 Å². The Morgan fingerprint density at radius 3 is 2.24 bits per heavy atom.